The van der Waals surface area contributed by atoms with E-state index in [1.807, 2.05) is 6.92 Å². The quantitative estimate of drug-likeness (QED) is 0.809. The lowest BCUT2D eigenvalue weighted by molar-refractivity contribution is 0.576. The van der Waals surface area contributed by atoms with Crippen LogP contribution in [0.3, 0.4) is 0 Å². The zero-order valence-corrected chi connectivity index (χ0v) is 12.9. The second-order valence-corrected chi connectivity index (χ2v) is 6.96. The van der Waals surface area contributed by atoms with Crippen molar-refractivity contribution in [3.05, 3.63) is 28.2 Å². The Morgan fingerprint density at radius 3 is 2.61 bits per heavy atom. The van der Waals surface area contributed by atoms with Gasteiger partial charge in [-0.1, -0.05) is 30.1 Å². The Morgan fingerprint density at radius 1 is 1.33 bits per heavy atom. The predicted molar refractivity (Wildman–Crippen MR) is 76.2 cm³/mol. The average Bonchev–Trinajstić information content (AvgIpc) is 2.31. The fraction of sp³-hybridized carbons (Fsp3) is 0.455. The van der Waals surface area contributed by atoms with Crippen LogP contribution in [0.1, 0.15) is 19.8 Å². The molecule has 0 radical (unpaired) electrons. The Hall–Kier alpha value is -0.000000000000000111. The number of alkyl halides is 1. The van der Waals surface area contributed by atoms with Crippen LogP contribution in [0, 0.1) is 0 Å². The van der Waals surface area contributed by atoms with Crippen molar-refractivity contribution in [2.24, 2.45) is 0 Å². The molecule has 0 aliphatic rings. The van der Waals surface area contributed by atoms with Crippen molar-refractivity contribution < 1.29 is 8.42 Å². The zero-order valence-electron chi connectivity index (χ0n) is 9.79. The highest BCUT2D eigenvalue weighted by Crippen LogP contribution is 2.24. The first-order valence-corrected chi connectivity index (χ1v) is 8.13. The molecule has 1 N–H and O–H groups in total. The Balaban J connectivity index is 2.77. The highest BCUT2D eigenvalue weighted by atomic mass is 35.5. The molecule has 1 atom stereocenters. The number of rotatable bonds is 6. The third kappa shape index (κ3) is 4.59. The largest absolute Gasteiger partial charge is 0.242 e. The van der Waals surface area contributed by atoms with Gasteiger partial charge < -0.3 is 0 Å². The van der Waals surface area contributed by atoms with Gasteiger partial charge in [-0.2, -0.15) is 0 Å². The lowest BCUT2D eigenvalue weighted by atomic mass is 10.2. The van der Waals surface area contributed by atoms with Crippen LogP contribution >= 0.6 is 34.8 Å². The lowest BCUT2D eigenvalue weighted by Crippen LogP contribution is -2.26. The summed E-state index contributed by atoms with van der Waals surface area (Å²) in [7, 11) is -3.64. The minimum absolute atomic E-state index is 0.0145. The van der Waals surface area contributed by atoms with Crippen molar-refractivity contribution in [2.45, 2.75) is 30.0 Å². The third-order valence-electron chi connectivity index (χ3n) is 2.38. The van der Waals surface area contributed by atoms with Gasteiger partial charge in [-0.3, -0.25) is 0 Å². The van der Waals surface area contributed by atoms with Gasteiger partial charge in [0, 0.05) is 16.9 Å². The van der Waals surface area contributed by atoms with Crippen molar-refractivity contribution in [1.29, 1.82) is 0 Å². The zero-order chi connectivity index (χ0) is 13.8. The maximum atomic E-state index is 12.0. The van der Waals surface area contributed by atoms with Crippen LogP contribution in [-0.4, -0.2) is 20.3 Å². The van der Waals surface area contributed by atoms with Gasteiger partial charge in [0.2, 0.25) is 10.0 Å². The van der Waals surface area contributed by atoms with Gasteiger partial charge in [0.1, 0.15) is 4.90 Å². The summed E-state index contributed by atoms with van der Waals surface area (Å²) in [4.78, 5) is -0.0145. The molecule has 1 aromatic carbocycles. The molecule has 1 unspecified atom stereocenters. The van der Waals surface area contributed by atoms with E-state index in [-0.39, 0.29) is 21.8 Å². The summed E-state index contributed by atoms with van der Waals surface area (Å²) in [6, 6.07) is 4.31. The maximum Gasteiger partial charge on any atom is 0.242 e. The smallest absolute Gasteiger partial charge is 0.211 e. The number of sulfonamides is 1. The summed E-state index contributed by atoms with van der Waals surface area (Å²) in [6.07, 6.45) is 1.36. The first kappa shape index (κ1) is 16.1. The topological polar surface area (TPSA) is 46.2 Å². The van der Waals surface area contributed by atoms with Gasteiger partial charge in [0.05, 0.1) is 5.02 Å². The van der Waals surface area contributed by atoms with Crippen LogP contribution in [-0.2, 0) is 10.0 Å². The van der Waals surface area contributed by atoms with Crippen LogP contribution < -0.4 is 4.72 Å². The van der Waals surface area contributed by atoms with Gasteiger partial charge in [0.15, 0.2) is 0 Å². The molecule has 0 amide bonds. The van der Waals surface area contributed by atoms with E-state index in [2.05, 4.69) is 4.72 Å². The summed E-state index contributed by atoms with van der Waals surface area (Å²) < 4.78 is 26.4. The van der Waals surface area contributed by atoms with Crippen molar-refractivity contribution >= 4 is 44.8 Å². The van der Waals surface area contributed by atoms with E-state index in [1.165, 1.54) is 18.2 Å². The predicted octanol–water partition coefficient (Wildman–Crippen LogP) is 3.68. The Morgan fingerprint density at radius 2 is 2.00 bits per heavy atom. The Labute approximate surface area is 122 Å². The van der Waals surface area contributed by atoms with Crippen molar-refractivity contribution in [2.75, 3.05) is 6.54 Å². The second-order valence-electron chi connectivity index (χ2n) is 3.77. The van der Waals surface area contributed by atoms with E-state index in [9.17, 15) is 8.42 Å². The van der Waals surface area contributed by atoms with Gasteiger partial charge in [-0.15, -0.1) is 11.6 Å². The highest BCUT2D eigenvalue weighted by molar-refractivity contribution is 7.89. The summed E-state index contributed by atoms with van der Waals surface area (Å²) in [6.45, 7) is 2.22. The number of halogens is 3. The molecule has 7 heteroatoms. The molecule has 0 saturated heterocycles. The summed E-state index contributed by atoms with van der Waals surface area (Å²) in [5.41, 5.74) is 0. The monoisotopic (exact) mass is 329 g/mol. The summed E-state index contributed by atoms with van der Waals surface area (Å²) in [5, 5.41) is 0.427. The normalized spacial score (nSPS) is 13.6. The number of nitrogens with one attached hydrogen (secondary N) is 1. The average molecular weight is 331 g/mol. The molecule has 0 aliphatic heterocycles. The van der Waals surface area contributed by atoms with Crippen LogP contribution in [0.25, 0.3) is 0 Å². The van der Waals surface area contributed by atoms with Gasteiger partial charge in [0.25, 0.3) is 0 Å². The fourth-order valence-electron chi connectivity index (χ4n) is 1.31. The Bertz CT molecular complexity index is 505. The molecular weight excluding hydrogens is 317 g/mol. The summed E-state index contributed by atoms with van der Waals surface area (Å²) in [5.74, 6) is 0. The molecule has 18 heavy (non-hydrogen) atoms. The number of hydrogen-bond acceptors (Lipinski definition) is 2. The molecule has 0 fully saturated rings. The molecule has 0 aliphatic carbocycles. The van der Waals surface area contributed by atoms with Crippen LogP contribution in [0.4, 0.5) is 0 Å². The molecule has 1 rings (SSSR count). The van der Waals surface area contributed by atoms with Gasteiger partial charge >= 0.3 is 0 Å². The van der Waals surface area contributed by atoms with E-state index >= 15 is 0 Å². The first-order valence-electron chi connectivity index (χ1n) is 5.45. The number of benzene rings is 1. The van der Waals surface area contributed by atoms with E-state index < -0.39 is 10.0 Å². The minimum Gasteiger partial charge on any atom is -0.211 e. The van der Waals surface area contributed by atoms with E-state index in [0.29, 0.717) is 11.4 Å². The van der Waals surface area contributed by atoms with E-state index in [1.54, 1.807) is 0 Å². The standard InChI is InChI=1S/C11H14Cl3NO2S/c1-2-8(12)5-6-15-18(16,17)11-7-9(13)3-4-10(11)14/h3-4,7-8,15H,2,5-6H2,1H3. The second kappa shape index (κ2) is 6.96. The number of hydrogen-bond donors (Lipinski definition) is 1. The molecule has 0 bridgehead atoms. The van der Waals surface area contributed by atoms with Crippen LogP contribution in [0.2, 0.25) is 10.0 Å². The van der Waals surface area contributed by atoms with E-state index in [4.69, 9.17) is 34.8 Å². The van der Waals surface area contributed by atoms with E-state index in [0.717, 1.165) is 6.42 Å². The van der Waals surface area contributed by atoms with Crippen molar-refractivity contribution in [1.82, 2.24) is 4.72 Å². The third-order valence-corrected chi connectivity index (χ3v) is 5.08. The molecule has 0 heterocycles. The maximum absolute atomic E-state index is 12.0. The Kier molecular flexibility index (Phi) is 6.21. The van der Waals surface area contributed by atoms with Crippen LogP contribution in [0.15, 0.2) is 23.1 Å². The van der Waals surface area contributed by atoms with Crippen LogP contribution in [0.5, 0.6) is 0 Å². The van der Waals surface area contributed by atoms with Crippen molar-refractivity contribution in [3.8, 4) is 0 Å². The lowest BCUT2D eigenvalue weighted by Gasteiger charge is -2.10. The molecule has 102 valence electrons. The fourth-order valence-corrected chi connectivity index (χ4v) is 3.23. The molecule has 0 spiro atoms. The minimum atomic E-state index is -3.64. The summed E-state index contributed by atoms with van der Waals surface area (Å²) >= 11 is 17.5. The molecule has 3 nitrogen and oxygen atoms in total. The van der Waals surface area contributed by atoms with Gasteiger partial charge in [-0.05, 0) is 31.0 Å². The molecular formula is C11H14Cl3NO2S. The SMILES string of the molecule is CCC(Cl)CCNS(=O)(=O)c1cc(Cl)ccc1Cl. The first-order chi connectivity index (χ1) is 8.36. The molecule has 0 aromatic heterocycles. The van der Waals surface area contributed by atoms with Gasteiger partial charge in [-0.25, -0.2) is 13.1 Å². The molecule has 1 aromatic rings. The highest BCUT2D eigenvalue weighted by Gasteiger charge is 2.18. The molecule has 0 saturated carbocycles. The van der Waals surface area contributed by atoms with Crippen molar-refractivity contribution in [3.63, 3.8) is 0 Å².